The van der Waals surface area contributed by atoms with Gasteiger partial charge >= 0.3 is 5.97 Å². The van der Waals surface area contributed by atoms with E-state index < -0.39 is 5.97 Å². The minimum atomic E-state index is -0.832. The van der Waals surface area contributed by atoms with Gasteiger partial charge in [-0.05, 0) is 48.4 Å². The van der Waals surface area contributed by atoms with E-state index in [-0.39, 0.29) is 6.42 Å². The predicted octanol–water partition coefficient (Wildman–Crippen LogP) is 5.43. The van der Waals surface area contributed by atoms with Gasteiger partial charge in [-0.3, -0.25) is 4.79 Å². The van der Waals surface area contributed by atoms with Crippen molar-refractivity contribution in [1.82, 2.24) is 9.97 Å². The van der Waals surface area contributed by atoms with E-state index >= 15 is 0 Å². The molecular weight excluding hydrogens is 400 g/mol. The number of aliphatic carboxylic acids is 1. The monoisotopic (exact) mass is 416 g/mol. The first kappa shape index (κ1) is 19.6. The zero-order valence-electron chi connectivity index (χ0n) is 15.9. The summed E-state index contributed by atoms with van der Waals surface area (Å²) in [7, 11) is 0. The second-order valence-corrected chi connectivity index (χ2v) is 7.06. The summed E-state index contributed by atoms with van der Waals surface area (Å²) in [5.74, 6) is 5.93. The summed E-state index contributed by atoms with van der Waals surface area (Å²) < 4.78 is 5.83. The Hall–Kier alpha value is -3.75. The van der Waals surface area contributed by atoms with Gasteiger partial charge in [-0.15, -0.1) is 0 Å². The molecule has 0 saturated carbocycles. The van der Waals surface area contributed by atoms with E-state index in [1.54, 1.807) is 18.2 Å². The molecule has 1 aromatic heterocycles. The molecule has 6 heteroatoms. The second-order valence-electron chi connectivity index (χ2n) is 6.65. The first-order chi connectivity index (χ1) is 14.6. The maximum atomic E-state index is 10.8. The number of rotatable bonds is 5. The summed E-state index contributed by atoms with van der Waals surface area (Å²) in [6, 6.07) is 20.9. The molecule has 0 aliphatic carbocycles. The average Bonchev–Trinajstić information content (AvgIpc) is 3.12. The predicted molar refractivity (Wildman–Crippen MR) is 116 cm³/mol. The number of fused-ring (bicyclic) bond motifs is 1. The number of carboxylic acid groups (broad SMARTS) is 1. The van der Waals surface area contributed by atoms with E-state index in [0.29, 0.717) is 34.3 Å². The van der Waals surface area contributed by atoms with Crippen LogP contribution in [0.1, 0.15) is 23.1 Å². The van der Waals surface area contributed by atoms with Crippen LogP contribution in [0.3, 0.4) is 0 Å². The second kappa shape index (κ2) is 8.73. The molecule has 3 aromatic carbocycles. The molecule has 4 aromatic rings. The van der Waals surface area contributed by atoms with Gasteiger partial charge in [0, 0.05) is 17.5 Å². The summed E-state index contributed by atoms with van der Waals surface area (Å²) in [5.41, 5.74) is 3.91. The molecule has 5 nitrogen and oxygen atoms in total. The number of benzene rings is 3. The number of hydrogen-bond donors (Lipinski definition) is 2. The van der Waals surface area contributed by atoms with Crippen molar-refractivity contribution in [3.8, 4) is 23.6 Å². The fourth-order valence-corrected chi connectivity index (χ4v) is 3.15. The lowest BCUT2D eigenvalue weighted by molar-refractivity contribution is -0.136. The summed E-state index contributed by atoms with van der Waals surface area (Å²) >= 11 is 6.37. The molecule has 0 aliphatic rings. The SMILES string of the molecule is O=C(O)CCc1cccc(Oc2nc3cc(Cl)c(C#Cc4ccccc4)cc3[nH]2)c1. The Bertz CT molecular complexity index is 1270. The van der Waals surface area contributed by atoms with Crippen LogP contribution < -0.4 is 4.74 Å². The highest BCUT2D eigenvalue weighted by molar-refractivity contribution is 6.32. The van der Waals surface area contributed by atoms with E-state index in [0.717, 1.165) is 16.6 Å². The van der Waals surface area contributed by atoms with E-state index in [9.17, 15) is 4.79 Å². The van der Waals surface area contributed by atoms with Gasteiger partial charge in [0.2, 0.25) is 0 Å². The van der Waals surface area contributed by atoms with Crippen LogP contribution in [0.4, 0.5) is 0 Å². The number of aryl methyl sites for hydroxylation is 1. The Morgan fingerprint density at radius 2 is 1.90 bits per heavy atom. The van der Waals surface area contributed by atoms with Gasteiger partial charge in [0.25, 0.3) is 6.01 Å². The van der Waals surface area contributed by atoms with Crippen molar-refractivity contribution in [2.75, 3.05) is 0 Å². The smallest absolute Gasteiger partial charge is 0.303 e. The highest BCUT2D eigenvalue weighted by Gasteiger charge is 2.09. The van der Waals surface area contributed by atoms with Crippen LogP contribution in [0.2, 0.25) is 5.02 Å². The Labute approximate surface area is 178 Å². The van der Waals surface area contributed by atoms with E-state index in [1.165, 1.54) is 0 Å². The number of H-pyrrole nitrogens is 1. The number of nitrogens with one attached hydrogen (secondary N) is 1. The Morgan fingerprint density at radius 1 is 1.07 bits per heavy atom. The number of carbonyl (C=O) groups is 1. The topological polar surface area (TPSA) is 75.2 Å². The minimum absolute atomic E-state index is 0.0688. The lowest BCUT2D eigenvalue weighted by atomic mass is 10.1. The maximum Gasteiger partial charge on any atom is 0.303 e. The quantitative estimate of drug-likeness (QED) is 0.425. The summed E-state index contributed by atoms with van der Waals surface area (Å²) in [5, 5.41) is 9.35. The highest BCUT2D eigenvalue weighted by atomic mass is 35.5. The zero-order chi connectivity index (χ0) is 20.9. The number of imidazole rings is 1. The molecule has 0 saturated heterocycles. The molecule has 1 heterocycles. The van der Waals surface area contributed by atoms with Gasteiger partial charge in [0.05, 0.1) is 16.1 Å². The van der Waals surface area contributed by atoms with Crippen molar-refractivity contribution >= 4 is 28.6 Å². The van der Waals surface area contributed by atoms with Gasteiger partial charge in [0.15, 0.2) is 0 Å². The summed E-state index contributed by atoms with van der Waals surface area (Å²) in [4.78, 5) is 18.3. The molecule has 0 fully saturated rings. The number of halogens is 1. The Morgan fingerprint density at radius 3 is 2.70 bits per heavy atom. The van der Waals surface area contributed by atoms with Gasteiger partial charge in [0.1, 0.15) is 5.75 Å². The van der Waals surface area contributed by atoms with Gasteiger partial charge < -0.3 is 14.8 Å². The van der Waals surface area contributed by atoms with Crippen molar-refractivity contribution in [3.63, 3.8) is 0 Å². The van der Waals surface area contributed by atoms with Crippen molar-refractivity contribution in [2.45, 2.75) is 12.8 Å². The Balaban J connectivity index is 1.56. The van der Waals surface area contributed by atoms with Crippen LogP contribution >= 0.6 is 11.6 Å². The number of nitrogens with zero attached hydrogens (tertiary/aromatic N) is 1. The van der Waals surface area contributed by atoms with E-state index in [4.69, 9.17) is 21.4 Å². The standard InChI is InChI=1S/C24H17ClN2O3/c25-20-15-22-21(14-18(20)11-9-16-5-2-1-3-6-16)26-24(27-22)30-19-8-4-7-17(13-19)10-12-23(28)29/h1-8,13-15H,10,12H2,(H,26,27)(H,28,29). The first-order valence-corrected chi connectivity index (χ1v) is 9.69. The molecule has 0 unspecified atom stereocenters. The third kappa shape index (κ3) is 4.80. The largest absolute Gasteiger partial charge is 0.481 e. The molecule has 0 bridgehead atoms. The molecule has 148 valence electrons. The van der Waals surface area contributed by atoms with Gasteiger partial charge in [-0.1, -0.05) is 53.8 Å². The normalized spacial score (nSPS) is 10.4. The molecule has 4 rings (SSSR count). The summed E-state index contributed by atoms with van der Waals surface area (Å²) in [6.45, 7) is 0. The molecule has 0 atom stereocenters. The van der Waals surface area contributed by atoms with Crippen LogP contribution in [-0.2, 0) is 11.2 Å². The average molecular weight is 417 g/mol. The van der Waals surface area contributed by atoms with Crippen molar-refractivity contribution in [3.05, 3.63) is 88.4 Å². The summed E-state index contributed by atoms with van der Waals surface area (Å²) in [6.07, 6.45) is 0.505. The number of carboxylic acids is 1. The highest BCUT2D eigenvalue weighted by Crippen LogP contribution is 2.27. The van der Waals surface area contributed by atoms with Crippen LogP contribution in [0.15, 0.2) is 66.7 Å². The fourth-order valence-electron chi connectivity index (χ4n) is 2.94. The van der Waals surface area contributed by atoms with Gasteiger partial charge in [-0.25, -0.2) is 0 Å². The zero-order valence-corrected chi connectivity index (χ0v) is 16.6. The number of aromatic amines is 1. The lowest BCUT2D eigenvalue weighted by Gasteiger charge is -2.04. The molecule has 0 spiro atoms. The van der Waals surface area contributed by atoms with Gasteiger partial charge in [-0.2, -0.15) is 4.98 Å². The van der Waals surface area contributed by atoms with E-state index in [1.807, 2.05) is 48.5 Å². The molecule has 0 aliphatic heterocycles. The van der Waals surface area contributed by atoms with Crippen LogP contribution in [0.5, 0.6) is 11.8 Å². The van der Waals surface area contributed by atoms with Crippen molar-refractivity contribution < 1.29 is 14.6 Å². The number of hydrogen-bond acceptors (Lipinski definition) is 3. The third-order valence-electron chi connectivity index (χ3n) is 4.40. The van der Waals surface area contributed by atoms with E-state index in [2.05, 4.69) is 21.8 Å². The minimum Gasteiger partial charge on any atom is -0.481 e. The van der Waals surface area contributed by atoms with Crippen molar-refractivity contribution in [2.24, 2.45) is 0 Å². The third-order valence-corrected chi connectivity index (χ3v) is 4.72. The maximum absolute atomic E-state index is 10.8. The Kier molecular flexibility index (Phi) is 5.69. The molecule has 30 heavy (non-hydrogen) atoms. The van der Waals surface area contributed by atoms with Crippen LogP contribution in [0.25, 0.3) is 11.0 Å². The van der Waals surface area contributed by atoms with Crippen LogP contribution in [-0.4, -0.2) is 21.0 Å². The van der Waals surface area contributed by atoms with Crippen molar-refractivity contribution in [1.29, 1.82) is 0 Å². The molecule has 0 amide bonds. The van der Waals surface area contributed by atoms with Crippen LogP contribution in [0, 0.1) is 11.8 Å². The number of ether oxygens (including phenoxy) is 1. The fraction of sp³-hybridized carbons (Fsp3) is 0.0833. The molecule has 2 N–H and O–H groups in total. The molecular formula is C24H17ClN2O3. The first-order valence-electron chi connectivity index (χ1n) is 9.32. The molecule has 0 radical (unpaired) electrons. The number of aromatic nitrogens is 2. The lowest BCUT2D eigenvalue weighted by Crippen LogP contribution is -1.97.